The molecule has 3 aromatic carbocycles. The van der Waals surface area contributed by atoms with Crippen molar-refractivity contribution in [2.45, 2.75) is 18.9 Å². The van der Waals surface area contributed by atoms with Crippen LogP contribution in [0.2, 0.25) is 0 Å². The number of thiazole rings is 1. The van der Waals surface area contributed by atoms with Crippen molar-refractivity contribution in [3.05, 3.63) is 77.9 Å². The molecular formula is C28H26N4O3S. The molecule has 0 atom stereocenters. The van der Waals surface area contributed by atoms with E-state index in [-0.39, 0.29) is 11.8 Å². The van der Waals surface area contributed by atoms with E-state index in [4.69, 9.17) is 9.72 Å². The normalized spacial score (nSPS) is 15.6. The van der Waals surface area contributed by atoms with Gasteiger partial charge in [0.05, 0.1) is 23.4 Å². The molecule has 6 rings (SSSR count). The molecule has 182 valence electrons. The lowest BCUT2D eigenvalue weighted by Gasteiger charge is -2.28. The van der Waals surface area contributed by atoms with Crippen LogP contribution in [0.5, 0.6) is 0 Å². The van der Waals surface area contributed by atoms with Gasteiger partial charge >= 0.3 is 0 Å². The fraction of sp³-hybridized carbons (Fsp3) is 0.250. The molecule has 0 radical (unpaired) electrons. The molecule has 0 spiro atoms. The van der Waals surface area contributed by atoms with E-state index in [0.717, 1.165) is 71.3 Å². The smallest absolute Gasteiger partial charge is 0.255 e. The topological polar surface area (TPSA) is 83.6 Å². The van der Waals surface area contributed by atoms with Gasteiger partial charge in [0.25, 0.3) is 11.8 Å². The minimum Gasteiger partial charge on any atom is -0.378 e. The molecule has 36 heavy (non-hydrogen) atoms. The van der Waals surface area contributed by atoms with Crippen LogP contribution >= 0.6 is 11.3 Å². The zero-order valence-corrected chi connectivity index (χ0v) is 20.5. The number of hydrogen-bond acceptors (Lipinski definition) is 6. The predicted molar refractivity (Wildman–Crippen MR) is 143 cm³/mol. The van der Waals surface area contributed by atoms with E-state index >= 15 is 0 Å². The largest absolute Gasteiger partial charge is 0.378 e. The second-order valence-corrected chi connectivity index (χ2v) is 10.2. The van der Waals surface area contributed by atoms with Crippen molar-refractivity contribution in [3.63, 3.8) is 0 Å². The summed E-state index contributed by atoms with van der Waals surface area (Å²) in [6.07, 6.45) is 2.13. The zero-order chi connectivity index (χ0) is 24.5. The van der Waals surface area contributed by atoms with Gasteiger partial charge in [-0.25, -0.2) is 4.98 Å². The quantitative estimate of drug-likeness (QED) is 0.393. The molecule has 2 fully saturated rings. The predicted octanol–water partition coefficient (Wildman–Crippen LogP) is 4.94. The Bertz CT molecular complexity index is 1410. The number of anilines is 2. The molecule has 1 saturated carbocycles. The Kier molecular flexibility index (Phi) is 6.13. The molecule has 2 heterocycles. The SMILES string of the molecule is O=C(Nc1ccc(N2CCOCC2)cc1)c1ccc2nc(-c3ccc(C(=O)NC4CC4)cc3)sc2c1. The molecule has 0 bridgehead atoms. The third-order valence-electron chi connectivity index (χ3n) is 6.46. The lowest BCUT2D eigenvalue weighted by Crippen LogP contribution is -2.36. The van der Waals surface area contributed by atoms with Crippen LogP contribution in [0.15, 0.2) is 66.7 Å². The Balaban J connectivity index is 1.14. The first-order valence-corrected chi connectivity index (χ1v) is 13.0. The standard InChI is InChI=1S/C28H26N4O3S/c33-26(29-21-6-7-21)18-1-3-19(4-2-18)28-31-24-12-5-20(17-25(24)36-28)27(34)30-22-8-10-23(11-9-22)32-13-15-35-16-14-32/h1-5,8-12,17,21H,6-7,13-16H2,(H,29,33)(H,30,34). The van der Waals surface area contributed by atoms with Gasteiger partial charge in [-0.3, -0.25) is 9.59 Å². The summed E-state index contributed by atoms with van der Waals surface area (Å²) in [5, 5.41) is 6.85. The van der Waals surface area contributed by atoms with Gasteiger partial charge < -0.3 is 20.3 Å². The van der Waals surface area contributed by atoms with Crippen molar-refractivity contribution in [2.24, 2.45) is 0 Å². The Labute approximate surface area is 213 Å². The van der Waals surface area contributed by atoms with Crippen LogP contribution < -0.4 is 15.5 Å². The summed E-state index contributed by atoms with van der Waals surface area (Å²) in [6, 6.07) is 21.3. The fourth-order valence-corrected chi connectivity index (χ4v) is 5.24. The van der Waals surface area contributed by atoms with Crippen LogP contribution in [0.3, 0.4) is 0 Å². The summed E-state index contributed by atoms with van der Waals surface area (Å²) in [4.78, 5) is 32.2. The zero-order valence-electron chi connectivity index (χ0n) is 19.7. The van der Waals surface area contributed by atoms with Crippen molar-refractivity contribution >= 4 is 44.7 Å². The van der Waals surface area contributed by atoms with E-state index in [1.807, 2.05) is 60.7 Å². The van der Waals surface area contributed by atoms with E-state index in [1.165, 1.54) is 11.3 Å². The monoisotopic (exact) mass is 498 g/mol. The molecule has 2 amide bonds. The summed E-state index contributed by atoms with van der Waals surface area (Å²) in [5.41, 5.74) is 4.92. The van der Waals surface area contributed by atoms with Gasteiger partial charge in [0.2, 0.25) is 0 Å². The van der Waals surface area contributed by atoms with E-state index in [1.54, 1.807) is 6.07 Å². The van der Waals surface area contributed by atoms with Gasteiger partial charge in [0, 0.05) is 47.2 Å². The number of nitrogens with one attached hydrogen (secondary N) is 2. The average Bonchev–Trinajstić information content (AvgIpc) is 3.63. The third kappa shape index (κ3) is 4.96. The fourth-order valence-electron chi connectivity index (χ4n) is 4.23. The first-order chi connectivity index (χ1) is 17.6. The highest BCUT2D eigenvalue weighted by Gasteiger charge is 2.23. The number of nitrogens with zero attached hydrogens (tertiary/aromatic N) is 2. The maximum atomic E-state index is 12.9. The number of amides is 2. The number of carbonyl (C=O) groups excluding carboxylic acids is 2. The number of fused-ring (bicyclic) bond motifs is 1. The number of hydrogen-bond donors (Lipinski definition) is 2. The number of rotatable bonds is 6. The van der Waals surface area contributed by atoms with E-state index in [9.17, 15) is 9.59 Å². The summed E-state index contributed by atoms with van der Waals surface area (Å²) < 4.78 is 6.35. The van der Waals surface area contributed by atoms with Gasteiger partial charge in [-0.15, -0.1) is 11.3 Å². The Morgan fingerprint density at radius 3 is 2.33 bits per heavy atom. The lowest BCUT2D eigenvalue weighted by molar-refractivity contribution is 0.0950. The first kappa shape index (κ1) is 22.7. The highest BCUT2D eigenvalue weighted by atomic mass is 32.1. The lowest BCUT2D eigenvalue weighted by atomic mass is 10.1. The molecule has 1 saturated heterocycles. The van der Waals surface area contributed by atoms with Crippen molar-refractivity contribution in [2.75, 3.05) is 36.5 Å². The highest BCUT2D eigenvalue weighted by molar-refractivity contribution is 7.21. The van der Waals surface area contributed by atoms with Crippen LogP contribution in [0.25, 0.3) is 20.8 Å². The molecule has 2 aliphatic rings. The Morgan fingerprint density at radius 2 is 1.61 bits per heavy atom. The number of aromatic nitrogens is 1. The summed E-state index contributed by atoms with van der Waals surface area (Å²) >= 11 is 1.53. The Morgan fingerprint density at radius 1 is 0.889 bits per heavy atom. The molecule has 2 N–H and O–H groups in total. The van der Waals surface area contributed by atoms with Crippen molar-refractivity contribution in [1.29, 1.82) is 0 Å². The average molecular weight is 499 g/mol. The minimum absolute atomic E-state index is 0.0280. The molecular weight excluding hydrogens is 472 g/mol. The molecule has 1 aromatic heterocycles. The second-order valence-electron chi connectivity index (χ2n) is 9.13. The third-order valence-corrected chi connectivity index (χ3v) is 7.53. The van der Waals surface area contributed by atoms with Gasteiger partial charge in [-0.05, 0) is 67.4 Å². The molecule has 0 unspecified atom stereocenters. The number of morpholine rings is 1. The molecule has 8 heteroatoms. The summed E-state index contributed by atoms with van der Waals surface area (Å²) in [5.74, 6) is -0.184. The van der Waals surface area contributed by atoms with Crippen molar-refractivity contribution < 1.29 is 14.3 Å². The Hall–Kier alpha value is -3.75. The maximum Gasteiger partial charge on any atom is 0.255 e. The maximum absolute atomic E-state index is 12.9. The summed E-state index contributed by atoms with van der Waals surface area (Å²) in [6.45, 7) is 3.23. The number of carbonyl (C=O) groups is 2. The molecule has 7 nitrogen and oxygen atoms in total. The summed E-state index contributed by atoms with van der Waals surface area (Å²) in [7, 11) is 0. The number of benzene rings is 3. The molecule has 1 aliphatic heterocycles. The number of ether oxygens (including phenoxy) is 1. The molecule has 4 aromatic rings. The second kappa shape index (κ2) is 9.72. The molecule has 1 aliphatic carbocycles. The van der Waals surface area contributed by atoms with Gasteiger partial charge in [0.15, 0.2) is 0 Å². The van der Waals surface area contributed by atoms with Crippen molar-refractivity contribution in [1.82, 2.24) is 10.3 Å². The minimum atomic E-state index is -0.156. The van der Waals surface area contributed by atoms with Crippen LogP contribution in [0.1, 0.15) is 33.6 Å². The van der Waals surface area contributed by atoms with Crippen LogP contribution in [-0.2, 0) is 4.74 Å². The highest BCUT2D eigenvalue weighted by Crippen LogP contribution is 2.31. The van der Waals surface area contributed by atoms with Gasteiger partial charge in [0.1, 0.15) is 5.01 Å². The van der Waals surface area contributed by atoms with E-state index in [2.05, 4.69) is 15.5 Å². The van der Waals surface area contributed by atoms with E-state index < -0.39 is 0 Å². The van der Waals surface area contributed by atoms with Crippen LogP contribution in [-0.4, -0.2) is 49.1 Å². The van der Waals surface area contributed by atoms with Gasteiger partial charge in [-0.1, -0.05) is 12.1 Å². The van der Waals surface area contributed by atoms with Gasteiger partial charge in [-0.2, -0.15) is 0 Å². The van der Waals surface area contributed by atoms with Crippen LogP contribution in [0.4, 0.5) is 11.4 Å². The van der Waals surface area contributed by atoms with Crippen LogP contribution in [0, 0.1) is 0 Å². The van der Waals surface area contributed by atoms with E-state index in [0.29, 0.717) is 17.2 Å². The van der Waals surface area contributed by atoms with Crippen molar-refractivity contribution in [3.8, 4) is 10.6 Å². The first-order valence-electron chi connectivity index (χ1n) is 12.2.